The van der Waals surface area contributed by atoms with Crippen LogP contribution in [0.1, 0.15) is 45.3 Å². The van der Waals surface area contributed by atoms with Crippen molar-refractivity contribution in [2.45, 2.75) is 45.6 Å². The van der Waals surface area contributed by atoms with Gasteiger partial charge in [-0.15, -0.1) is 11.6 Å². The molecule has 0 saturated heterocycles. The molecule has 1 rings (SSSR count). The molecule has 1 unspecified atom stereocenters. The van der Waals surface area contributed by atoms with E-state index in [2.05, 4.69) is 10.1 Å². The number of aryl methyl sites for hydroxylation is 1. The van der Waals surface area contributed by atoms with Gasteiger partial charge in [0, 0.05) is 18.9 Å². The summed E-state index contributed by atoms with van der Waals surface area (Å²) >= 11 is 5.61. The van der Waals surface area contributed by atoms with E-state index in [1.165, 1.54) is 0 Å². The van der Waals surface area contributed by atoms with E-state index in [4.69, 9.17) is 20.9 Å². The summed E-state index contributed by atoms with van der Waals surface area (Å²) in [5.41, 5.74) is -0.447. The van der Waals surface area contributed by atoms with Crippen molar-refractivity contribution in [1.29, 1.82) is 0 Å². The Morgan fingerprint density at radius 3 is 2.75 bits per heavy atom. The number of rotatable bonds is 7. The van der Waals surface area contributed by atoms with Crippen LogP contribution < -0.4 is 0 Å². The van der Waals surface area contributed by atoms with E-state index in [0.29, 0.717) is 24.2 Å². The lowest BCUT2D eigenvalue weighted by Crippen LogP contribution is -2.26. The van der Waals surface area contributed by atoms with Gasteiger partial charge in [0.1, 0.15) is 5.60 Å². The normalized spacial score (nSPS) is 15.0. The van der Waals surface area contributed by atoms with Crippen LogP contribution in [0.4, 0.5) is 0 Å². The third kappa shape index (κ3) is 3.19. The fourth-order valence-electron chi connectivity index (χ4n) is 1.43. The Morgan fingerprint density at radius 1 is 1.44 bits per heavy atom. The quantitative estimate of drug-likeness (QED) is 0.694. The Labute approximate surface area is 101 Å². The van der Waals surface area contributed by atoms with Gasteiger partial charge in [0.2, 0.25) is 11.7 Å². The highest BCUT2D eigenvalue weighted by molar-refractivity contribution is 6.17. The second-order valence-electron chi connectivity index (χ2n) is 3.82. The average Bonchev–Trinajstić information content (AvgIpc) is 2.75. The largest absolute Gasteiger partial charge is 0.367 e. The van der Waals surface area contributed by atoms with Crippen molar-refractivity contribution in [1.82, 2.24) is 10.1 Å². The smallest absolute Gasteiger partial charge is 0.226 e. The van der Waals surface area contributed by atoms with E-state index >= 15 is 0 Å². The van der Waals surface area contributed by atoms with Gasteiger partial charge in [0.15, 0.2) is 0 Å². The van der Waals surface area contributed by atoms with Crippen LogP contribution >= 0.6 is 11.6 Å². The number of ether oxygens (including phenoxy) is 1. The van der Waals surface area contributed by atoms with Crippen molar-refractivity contribution >= 4 is 11.6 Å². The predicted octanol–water partition coefficient (Wildman–Crippen LogP) is 2.90. The van der Waals surface area contributed by atoms with Gasteiger partial charge in [-0.3, -0.25) is 0 Å². The fraction of sp³-hybridized carbons (Fsp3) is 0.818. The molecular formula is C11H19ClN2O2. The molecule has 0 amide bonds. The summed E-state index contributed by atoms with van der Waals surface area (Å²) in [7, 11) is 0. The highest BCUT2D eigenvalue weighted by atomic mass is 35.5. The standard InChI is InChI=1S/C11H19ClN2O2/c1-4-11(3,15-5-2)10-13-9(16-14-10)7-6-8-12/h4-8H2,1-3H3. The molecule has 0 radical (unpaired) electrons. The monoisotopic (exact) mass is 246 g/mol. The Balaban J connectivity index is 2.74. The van der Waals surface area contributed by atoms with Crippen molar-refractivity contribution in [3.8, 4) is 0 Å². The van der Waals surface area contributed by atoms with Gasteiger partial charge in [-0.25, -0.2) is 0 Å². The van der Waals surface area contributed by atoms with Crippen LogP contribution in [0.5, 0.6) is 0 Å². The molecule has 0 saturated carbocycles. The van der Waals surface area contributed by atoms with E-state index in [1.54, 1.807) is 0 Å². The summed E-state index contributed by atoms with van der Waals surface area (Å²) in [6.45, 7) is 6.62. The summed E-state index contributed by atoms with van der Waals surface area (Å²) < 4.78 is 10.8. The van der Waals surface area contributed by atoms with Gasteiger partial charge in [-0.2, -0.15) is 4.98 Å². The Morgan fingerprint density at radius 2 is 2.19 bits per heavy atom. The zero-order valence-corrected chi connectivity index (χ0v) is 10.9. The van der Waals surface area contributed by atoms with Gasteiger partial charge < -0.3 is 9.26 Å². The summed E-state index contributed by atoms with van der Waals surface area (Å²) in [6.07, 6.45) is 2.39. The van der Waals surface area contributed by atoms with Gasteiger partial charge in [-0.1, -0.05) is 12.1 Å². The molecule has 1 atom stereocenters. The van der Waals surface area contributed by atoms with Gasteiger partial charge in [0.05, 0.1) is 0 Å². The van der Waals surface area contributed by atoms with E-state index in [-0.39, 0.29) is 0 Å². The molecule has 0 aromatic carbocycles. The second kappa shape index (κ2) is 6.21. The second-order valence-corrected chi connectivity index (χ2v) is 4.20. The van der Waals surface area contributed by atoms with Crippen LogP contribution in [0.3, 0.4) is 0 Å². The highest BCUT2D eigenvalue weighted by Gasteiger charge is 2.30. The summed E-state index contributed by atoms with van der Waals surface area (Å²) in [4.78, 5) is 4.35. The minimum Gasteiger partial charge on any atom is -0.367 e. The Bertz CT molecular complexity index is 317. The lowest BCUT2D eigenvalue weighted by Gasteiger charge is -2.23. The van der Waals surface area contributed by atoms with Crippen LogP contribution in [0.2, 0.25) is 0 Å². The van der Waals surface area contributed by atoms with Crippen molar-refractivity contribution in [2.75, 3.05) is 12.5 Å². The molecule has 0 aliphatic rings. The van der Waals surface area contributed by atoms with Gasteiger partial charge >= 0.3 is 0 Å². The van der Waals surface area contributed by atoms with Crippen LogP contribution in [0.15, 0.2) is 4.52 Å². The van der Waals surface area contributed by atoms with Crippen LogP contribution in [-0.2, 0) is 16.8 Å². The Hall–Kier alpha value is -0.610. The number of halogens is 1. The first-order valence-corrected chi connectivity index (χ1v) is 6.22. The van der Waals surface area contributed by atoms with Gasteiger partial charge in [-0.05, 0) is 26.7 Å². The SMILES string of the molecule is CCOC(C)(CC)c1noc(CCCCl)n1. The zero-order valence-electron chi connectivity index (χ0n) is 10.1. The average molecular weight is 247 g/mol. The van der Waals surface area contributed by atoms with Crippen molar-refractivity contribution < 1.29 is 9.26 Å². The fourth-order valence-corrected chi connectivity index (χ4v) is 1.57. The van der Waals surface area contributed by atoms with E-state index in [9.17, 15) is 0 Å². The van der Waals surface area contributed by atoms with Gasteiger partial charge in [0.25, 0.3) is 0 Å². The van der Waals surface area contributed by atoms with E-state index in [1.807, 2.05) is 20.8 Å². The van der Waals surface area contributed by atoms with E-state index in [0.717, 1.165) is 19.3 Å². The Kier molecular flexibility index (Phi) is 5.22. The van der Waals surface area contributed by atoms with E-state index < -0.39 is 5.60 Å². The maximum Gasteiger partial charge on any atom is 0.226 e. The first kappa shape index (κ1) is 13.5. The topological polar surface area (TPSA) is 48.2 Å². The maximum atomic E-state index is 5.67. The van der Waals surface area contributed by atoms with Crippen LogP contribution in [0.25, 0.3) is 0 Å². The highest BCUT2D eigenvalue weighted by Crippen LogP contribution is 2.26. The number of hydrogen-bond donors (Lipinski definition) is 0. The molecular weight excluding hydrogens is 228 g/mol. The predicted molar refractivity (Wildman–Crippen MR) is 62.6 cm³/mol. The molecule has 92 valence electrons. The molecule has 0 fully saturated rings. The van der Waals surface area contributed by atoms with Crippen LogP contribution in [-0.4, -0.2) is 22.6 Å². The zero-order chi connectivity index (χ0) is 12.0. The molecule has 4 nitrogen and oxygen atoms in total. The number of hydrogen-bond acceptors (Lipinski definition) is 4. The molecule has 5 heteroatoms. The van der Waals surface area contributed by atoms with Crippen LogP contribution in [0, 0.1) is 0 Å². The molecule has 0 N–H and O–H groups in total. The summed E-state index contributed by atoms with van der Waals surface area (Å²) in [5.74, 6) is 1.87. The van der Waals surface area contributed by atoms with Crippen molar-refractivity contribution in [3.63, 3.8) is 0 Å². The number of aromatic nitrogens is 2. The first-order chi connectivity index (χ1) is 7.66. The molecule has 1 aromatic rings. The number of alkyl halides is 1. The summed E-state index contributed by atoms with van der Waals surface area (Å²) in [6, 6.07) is 0. The third-order valence-corrected chi connectivity index (χ3v) is 2.87. The first-order valence-electron chi connectivity index (χ1n) is 5.69. The molecule has 16 heavy (non-hydrogen) atoms. The lowest BCUT2D eigenvalue weighted by molar-refractivity contribution is -0.0403. The molecule has 0 aliphatic carbocycles. The molecule has 1 aromatic heterocycles. The summed E-state index contributed by atoms with van der Waals surface area (Å²) in [5, 5.41) is 3.98. The minimum absolute atomic E-state index is 0.447. The molecule has 0 spiro atoms. The van der Waals surface area contributed by atoms with Crippen molar-refractivity contribution in [2.24, 2.45) is 0 Å². The molecule has 1 heterocycles. The lowest BCUT2D eigenvalue weighted by atomic mass is 10.0. The minimum atomic E-state index is -0.447. The third-order valence-electron chi connectivity index (χ3n) is 2.60. The maximum absolute atomic E-state index is 5.67. The molecule has 0 aliphatic heterocycles. The number of nitrogens with zero attached hydrogens (tertiary/aromatic N) is 2. The van der Waals surface area contributed by atoms with Crippen molar-refractivity contribution in [3.05, 3.63) is 11.7 Å². The molecule has 0 bridgehead atoms.